The minimum Gasteiger partial charge on any atom is -0.478 e. The molecule has 0 aliphatic heterocycles. The molecule has 19 heavy (non-hydrogen) atoms. The van der Waals surface area contributed by atoms with Gasteiger partial charge in [0.2, 0.25) is 0 Å². The normalized spacial score (nSPS) is 9.68. The predicted molar refractivity (Wildman–Crippen MR) is 67.2 cm³/mol. The summed E-state index contributed by atoms with van der Waals surface area (Å²) >= 11 is 0. The number of aromatic carboxylic acids is 1. The Morgan fingerprint density at radius 3 is 2.84 bits per heavy atom. The van der Waals surface area contributed by atoms with Gasteiger partial charge >= 0.3 is 5.97 Å². The van der Waals surface area contributed by atoms with E-state index in [1.807, 2.05) is 13.0 Å². The molecule has 1 aromatic carbocycles. The standard InChI is InChI=1S/C14H10N2O3/c1-9-2-3-12(10(6-9)7-15)19-13-8-16-5-4-11(13)14(17)18/h2-6,8H,1H3,(H,17,18). The second kappa shape index (κ2) is 5.19. The zero-order valence-electron chi connectivity index (χ0n) is 10.1. The van der Waals surface area contributed by atoms with Crippen molar-refractivity contribution in [3.05, 3.63) is 53.3 Å². The zero-order valence-corrected chi connectivity index (χ0v) is 10.1. The van der Waals surface area contributed by atoms with Crippen LogP contribution in [-0.2, 0) is 0 Å². The zero-order chi connectivity index (χ0) is 13.8. The van der Waals surface area contributed by atoms with Gasteiger partial charge in [-0.1, -0.05) is 6.07 Å². The van der Waals surface area contributed by atoms with Gasteiger partial charge in [0, 0.05) is 6.20 Å². The van der Waals surface area contributed by atoms with Crippen LogP contribution in [0.2, 0.25) is 0 Å². The average Bonchev–Trinajstić information content (AvgIpc) is 2.41. The average molecular weight is 254 g/mol. The highest BCUT2D eigenvalue weighted by molar-refractivity contribution is 5.90. The van der Waals surface area contributed by atoms with Crippen molar-refractivity contribution in [1.82, 2.24) is 4.98 Å². The third-order valence-electron chi connectivity index (χ3n) is 2.49. The first-order valence-electron chi connectivity index (χ1n) is 5.47. The maximum Gasteiger partial charge on any atom is 0.339 e. The van der Waals surface area contributed by atoms with Crippen LogP contribution in [0.25, 0.3) is 0 Å². The van der Waals surface area contributed by atoms with Crippen molar-refractivity contribution in [2.75, 3.05) is 0 Å². The molecule has 0 atom stereocenters. The quantitative estimate of drug-likeness (QED) is 0.910. The van der Waals surface area contributed by atoms with Crippen LogP contribution >= 0.6 is 0 Å². The summed E-state index contributed by atoms with van der Waals surface area (Å²) in [6.45, 7) is 1.86. The monoisotopic (exact) mass is 254 g/mol. The Kier molecular flexibility index (Phi) is 3.44. The number of hydrogen-bond donors (Lipinski definition) is 1. The van der Waals surface area contributed by atoms with E-state index < -0.39 is 5.97 Å². The van der Waals surface area contributed by atoms with Crippen molar-refractivity contribution in [3.8, 4) is 17.6 Å². The fourth-order valence-corrected chi connectivity index (χ4v) is 1.58. The van der Waals surface area contributed by atoms with E-state index in [2.05, 4.69) is 4.98 Å². The predicted octanol–water partition coefficient (Wildman–Crippen LogP) is 2.75. The number of pyridine rings is 1. The summed E-state index contributed by atoms with van der Waals surface area (Å²) in [5, 5.41) is 18.1. The number of hydrogen-bond acceptors (Lipinski definition) is 4. The highest BCUT2D eigenvalue weighted by atomic mass is 16.5. The van der Waals surface area contributed by atoms with E-state index in [1.54, 1.807) is 18.2 Å². The number of nitrogens with zero attached hydrogens (tertiary/aromatic N) is 2. The molecule has 0 aliphatic carbocycles. The van der Waals surface area contributed by atoms with E-state index in [0.717, 1.165) is 5.56 Å². The summed E-state index contributed by atoms with van der Waals surface area (Å²) in [6.07, 6.45) is 2.68. The third-order valence-corrected chi connectivity index (χ3v) is 2.49. The largest absolute Gasteiger partial charge is 0.478 e. The molecule has 0 bridgehead atoms. The maximum absolute atomic E-state index is 11.0. The molecule has 0 amide bonds. The number of rotatable bonds is 3. The molecule has 0 saturated carbocycles. The fourth-order valence-electron chi connectivity index (χ4n) is 1.58. The van der Waals surface area contributed by atoms with Crippen molar-refractivity contribution < 1.29 is 14.6 Å². The summed E-state index contributed by atoms with van der Waals surface area (Å²) in [4.78, 5) is 14.9. The molecular formula is C14H10N2O3. The van der Waals surface area contributed by atoms with Crippen molar-refractivity contribution in [1.29, 1.82) is 5.26 Å². The van der Waals surface area contributed by atoms with Gasteiger partial charge in [-0.25, -0.2) is 4.79 Å². The Hall–Kier alpha value is -2.87. The number of aryl methyl sites for hydroxylation is 1. The first-order valence-corrected chi connectivity index (χ1v) is 5.47. The van der Waals surface area contributed by atoms with Gasteiger partial charge < -0.3 is 9.84 Å². The number of carboxylic acid groups (broad SMARTS) is 1. The molecule has 0 radical (unpaired) electrons. The lowest BCUT2D eigenvalue weighted by atomic mass is 10.1. The van der Waals surface area contributed by atoms with Gasteiger partial charge in [-0.2, -0.15) is 5.26 Å². The van der Waals surface area contributed by atoms with Crippen molar-refractivity contribution in [3.63, 3.8) is 0 Å². The number of carboxylic acids is 1. The lowest BCUT2D eigenvalue weighted by Gasteiger charge is -2.09. The molecule has 5 heteroatoms. The topological polar surface area (TPSA) is 83.2 Å². The fraction of sp³-hybridized carbons (Fsp3) is 0.0714. The van der Waals surface area contributed by atoms with Gasteiger partial charge in [-0.15, -0.1) is 0 Å². The minimum absolute atomic E-state index is 0.000496. The summed E-state index contributed by atoms with van der Waals surface area (Å²) in [5.41, 5.74) is 1.27. The number of nitriles is 1. The van der Waals surface area contributed by atoms with Crippen LogP contribution in [0.5, 0.6) is 11.5 Å². The van der Waals surface area contributed by atoms with E-state index in [0.29, 0.717) is 11.3 Å². The molecule has 5 nitrogen and oxygen atoms in total. The molecule has 0 saturated heterocycles. The van der Waals surface area contributed by atoms with Gasteiger partial charge in [0.05, 0.1) is 11.8 Å². The Labute approximate surface area is 109 Å². The molecule has 1 heterocycles. The molecule has 2 aromatic rings. The van der Waals surface area contributed by atoms with Gasteiger partial charge in [0.1, 0.15) is 17.4 Å². The van der Waals surface area contributed by atoms with Crippen LogP contribution in [0.1, 0.15) is 21.5 Å². The summed E-state index contributed by atoms with van der Waals surface area (Å²) in [6, 6.07) is 8.45. The van der Waals surface area contributed by atoms with Gasteiger partial charge in [-0.3, -0.25) is 4.98 Å². The highest BCUT2D eigenvalue weighted by Crippen LogP contribution is 2.27. The lowest BCUT2D eigenvalue weighted by molar-refractivity contribution is 0.0694. The van der Waals surface area contributed by atoms with Crippen molar-refractivity contribution in [2.24, 2.45) is 0 Å². The number of aromatic nitrogens is 1. The van der Waals surface area contributed by atoms with Gasteiger partial charge in [0.25, 0.3) is 0 Å². The summed E-state index contributed by atoms with van der Waals surface area (Å²) in [5.74, 6) is -0.693. The van der Waals surface area contributed by atoms with Gasteiger partial charge in [0.15, 0.2) is 5.75 Å². The third kappa shape index (κ3) is 2.69. The second-order valence-electron chi connectivity index (χ2n) is 3.89. The van der Waals surface area contributed by atoms with Crippen LogP contribution in [0.4, 0.5) is 0 Å². The minimum atomic E-state index is -1.11. The highest BCUT2D eigenvalue weighted by Gasteiger charge is 2.13. The van der Waals surface area contributed by atoms with Crippen LogP contribution in [0.3, 0.4) is 0 Å². The van der Waals surface area contributed by atoms with E-state index in [9.17, 15) is 4.79 Å². The summed E-state index contributed by atoms with van der Waals surface area (Å²) < 4.78 is 5.48. The molecule has 0 fully saturated rings. The van der Waals surface area contributed by atoms with Crippen LogP contribution in [0, 0.1) is 18.3 Å². The lowest BCUT2D eigenvalue weighted by Crippen LogP contribution is -2.01. The Morgan fingerprint density at radius 1 is 1.37 bits per heavy atom. The maximum atomic E-state index is 11.0. The molecule has 0 unspecified atom stereocenters. The smallest absolute Gasteiger partial charge is 0.339 e. The first kappa shape index (κ1) is 12.6. The molecule has 2 rings (SSSR count). The van der Waals surface area contributed by atoms with Gasteiger partial charge in [-0.05, 0) is 30.7 Å². The van der Waals surface area contributed by atoms with E-state index in [1.165, 1.54) is 18.5 Å². The molecule has 0 aliphatic rings. The van der Waals surface area contributed by atoms with Crippen molar-refractivity contribution in [2.45, 2.75) is 6.92 Å². The first-order chi connectivity index (χ1) is 9.11. The van der Waals surface area contributed by atoms with Crippen LogP contribution in [0.15, 0.2) is 36.7 Å². The summed E-state index contributed by atoms with van der Waals surface area (Å²) in [7, 11) is 0. The Morgan fingerprint density at radius 2 is 2.16 bits per heavy atom. The Bertz CT molecular complexity index is 675. The molecular weight excluding hydrogens is 244 g/mol. The molecule has 0 spiro atoms. The molecule has 1 N–H and O–H groups in total. The van der Waals surface area contributed by atoms with Crippen molar-refractivity contribution >= 4 is 5.97 Å². The second-order valence-corrected chi connectivity index (χ2v) is 3.89. The SMILES string of the molecule is Cc1ccc(Oc2cnccc2C(=O)O)c(C#N)c1. The molecule has 94 valence electrons. The van der Waals surface area contributed by atoms with E-state index in [-0.39, 0.29) is 11.3 Å². The van der Waals surface area contributed by atoms with Crippen LogP contribution in [-0.4, -0.2) is 16.1 Å². The molecule has 1 aromatic heterocycles. The van der Waals surface area contributed by atoms with E-state index >= 15 is 0 Å². The van der Waals surface area contributed by atoms with E-state index in [4.69, 9.17) is 15.1 Å². The number of benzene rings is 1. The van der Waals surface area contributed by atoms with Crippen LogP contribution < -0.4 is 4.74 Å². The number of ether oxygens (including phenoxy) is 1. The Balaban J connectivity index is 2.43. The number of carbonyl (C=O) groups is 1.